The minimum atomic E-state index is 0.238. The van der Waals surface area contributed by atoms with Crippen LogP contribution in [0.15, 0.2) is 60.9 Å². The first-order valence-corrected chi connectivity index (χ1v) is 8.18. The third-order valence-corrected chi connectivity index (χ3v) is 4.35. The Kier molecular flexibility index (Phi) is 3.87. The zero-order chi connectivity index (χ0) is 16.4. The standard InChI is InChI=1S/C20H18N2O2/c23-19-8-4-5-15-13-17(9-10-18(15)19)24-14-20-21-11-12-22(20)16-6-2-1-3-7-16/h1-3,6-7,9-13H,4-5,8,14H2. The van der Waals surface area contributed by atoms with Gasteiger partial charge in [-0.05, 0) is 48.7 Å². The zero-order valence-electron chi connectivity index (χ0n) is 13.3. The average Bonchev–Trinajstić information content (AvgIpc) is 3.09. The summed E-state index contributed by atoms with van der Waals surface area (Å²) >= 11 is 0. The van der Waals surface area contributed by atoms with E-state index in [4.69, 9.17) is 4.74 Å². The van der Waals surface area contributed by atoms with Crippen molar-refractivity contribution in [2.75, 3.05) is 0 Å². The van der Waals surface area contributed by atoms with Crippen LogP contribution in [0.5, 0.6) is 5.75 Å². The van der Waals surface area contributed by atoms with Gasteiger partial charge in [-0.1, -0.05) is 18.2 Å². The molecule has 1 aromatic heterocycles. The van der Waals surface area contributed by atoms with Crippen molar-refractivity contribution in [3.63, 3.8) is 0 Å². The Labute approximate surface area is 140 Å². The second-order valence-corrected chi connectivity index (χ2v) is 5.93. The zero-order valence-corrected chi connectivity index (χ0v) is 13.3. The fourth-order valence-electron chi connectivity index (χ4n) is 3.13. The maximum absolute atomic E-state index is 11.9. The van der Waals surface area contributed by atoms with Crippen LogP contribution in [-0.2, 0) is 13.0 Å². The molecule has 1 heterocycles. The van der Waals surface area contributed by atoms with Crippen LogP contribution < -0.4 is 4.74 Å². The molecule has 0 spiro atoms. The normalized spacial score (nSPS) is 13.6. The van der Waals surface area contributed by atoms with Crippen LogP contribution in [0.1, 0.15) is 34.6 Å². The van der Waals surface area contributed by atoms with E-state index < -0.39 is 0 Å². The number of benzene rings is 2. The second kappa shape index (κ2) is 6.32. The first-order valence-electron chi connectivity index (χ1n) is 8.18. The highest BCUT2D eigenvalue weighted by Gasteiger charge is 2.17. The lowest BCUT2D eigenvalue weighted by Crippen LogP contribution is -2.11. The summed E-state index contributed by atoms with van der Waals surface area (Å²) in [5.74, 6) is 1.86. The van der Waals surface area contributed by atoms with Crippen molar-refractivity contribution >= 4 is 5.78 Å². The summed E-state index contributed by atoms with van der Waals surface area (Å²) in [5, 5.41) is 0. The number of para-hydroxylation sites is 1. The lowest BCUT2D eigenvalue weighted by molar-refractivity contribution is 0.0972. The molecule has 4 rings (SSSR count). The molecule has 4 nitrogen and oxygen atoms in total. The molecule has 4 heteroatoms. The number of aryl methyl sites for hydroxylation is 1. The van der Waals surface area contributed by atoms with E-state index in [1.807, 2.05) is 59.3 Å². The molecular weight excluding hydrogens is 300 g/mol. The van der Waals surface area contributed by atoms with E-state index in [0.717, 1.165) is 41.2 Å². The maximum Gasteiger partial charge on any atom is 0.163 e. The number of carbonyl (C=O) groups is 1. The lowest BCUT2D eigenvalue weighted by Gasteiger charge is -2.16. The number of carbonyl (C=O) groups excluding carboxylic acids is 1. The monoisotopic (exact) mass is 318 g/mol. The number of aromatic nitrogens is 2. The molecule has 1 aliphatic rings. The molecule has 0 amide bonds. The molecule has 0 saturated carbocycles. The SMILES string of the molecule is O=C1CCCc2cc(OCc3nccn3-c3ccccc3)ccc21. The summed E-state index contributed by atoms with van der Waals surface area (Å²) in [7, 11) is 0. The summed E-state index contributed by atoms with van der Waals surface area (Å²) in [6.07, 6.45) is 6.23. The number of hydrogen-bond donors (Lipinski definition) is 0. The number of ketones is 1. The van der Waals surface area contributed by atoms with Crippen molar-refractivity contribution in [3.8, 4) is 11.4 Å². The van der Waals surface area contributed by atoms with Crippen LogP contribution >= 0.6 is 0 Å². The Morgan fingerprint density at radius 3 is 2.83 bits per heavy atom. The van der Waals surface area contributed by atoms with Gasteiger partial charge < -0.3 is 9.30 Å². The molecule has 0 N–H and O–H groups in total. The van der Waals surface area contributed by atoms with Gasteiger partial charge in [-0.3, -0.25) is 4.79 Å². The summed E-state index contributed by atoms with van der Waals surface area (Å²) in [5.41, 5.74) is 3.00. The smallest absolute Gasteiger partial charge is 0.163 e. The van der Waals surface area contributed by atoms with E-state index in [1.165, 1.54) is 0 Å². The van der Waals surface area contributed by atoms with Crippen LogP contribution in [0, 0.1) is 0 Å². The molecule has 3 aromatic rings. The predicted molar refractivity (Wildman–Crippen MR) is 91.6 cm³/mol. The van der Waals surface area contributed by atoms with Crippen molar-refractivity contribution in [3.05, 3.63) is 77.9 Å². The third kappa shape index (κ3) is 2.83. The summed E-state index contributed by atoms with van der Waals surface area (Å²) in [6.45, 7) is 0.384. The van der Waals surface area contributed by atoms with Gasteiger partial charge in [0.25, 0.3) is 0 Å². The van der Waals surface area contributed by atoms with Gasteiger partial charge >= 0.3 is 0 Å². The van der Waals surface area contributed by atoms with Gasteiger partial charge in [0.1, 0.15) is 12.4 Å². The van der Waals surface area contributed by atoms with Crippen molar-refractivity contribution in [2.45, 2.75) is 25.9 Å². The van der Waals surface area contributed by atoms with Crippen LogP contribution in [-0.4, -0.2) is 15.3 Å². The van der Waals surface area contributed by atoms with Gasteiger partial charge in [0.05, 0.1) is 0 Å². The van der Waals surface area contributed by atoms with Crippen molar-refractivity contribution in [1.29, 1.82) is 0 Å². The van der Waals surface area contributed by atoms with E-state index in [1.54, 1.807) is 6.20 Å². The Bertz CT molecular complexity index is 868. The Hall–Kier alpha value is -2.88. The Balaban J connectivity index is 1.52. The van der Waals surface area contributed by atoms with E-state index in [2.05, 4.69) is 4.98 Å². The number of hydrogen-bond acceptors (Lipinski definition) is 3. The van der Waals surface area contributed by atoms with Gasteiger partial charge in [-0.25, -0.2) is 4.98 Å². The Morgan fingerprint density at radius 1 is 1.08 bits per heavy atom. The first-order chi connectivity index (χ1) is 11.8. The molecule has 120 valence electrons. The second-order valence-electron chi connectivity index (χ2n) is 5.93. The molecule has 0 saturated heterocycles. The highest BCUT2D eigenvalue weighted by molar-refractivity contribution is 5.98. The van der Waals surface area contributed by atoms with E-state index in [-0.39, 0.29) is 5.78 Å². The molecule has 0 unspecified atom stereocenters. The van der Waals surface area contributed by atoms with Crippen LogP contribution in [0.25, 0.3) is 5.69 Å². The van der Waals surface area contributed by atoms with Gasteiger partial charge in [-0.2, -0.15) is 0 Å². The fourth-order valence-corrected chi connectivity index (χ4v) is 3.13. The minimum absolute atomic E-state index is 0.238. The largest absolute Gasteiger partial charge is 0.486 e. The number of ether oxygens (including phenoxy) is 1. The highest BCUT2D eigenvalue weighted by Crippen LogP contribution is 2.26. The van der Waals surface area contributed by atoms with Crippen molar-refractivity contribution in [2.24, 2.45) is 0 Å². The minimum Gasteiger partial charge on any atom is -0.486 e. The number of nitrogens with zero attached hydrogens (tertiary/aromatic N) is 2. The summed E-state index contributed by atoms with van der Waals surface area (Å²) in [4.78, 5) is 16.3. The molecular formula is C20H18N2O2. The predicted octanol–water partition coefficient (Wildman–Crippen LogP) is 3.97. The Morgan fingerprint density at radius 2 is 1.96 bits per heavy atom. The molecule has 0 fully saturated rings. The highest BCUT2D eigenvalue weighted by atomic mass is 16.5. The molecule has 0 bridgehead atoms. The molecule has 2 aromatic carbocycles. The lowest BCUT2D eigenvalue weighted by atomic mass is 9.91. The van der Waals surface area contributed by atoms with E-state index >= 15 is 0 Å². The number of imidazole rings is 1. The summed E-state index contributed by atoms with van der Waals surface area (Å²) in [6, 6.07) is 15.8. The topological polar surface area (TPSA) is 44.1 Å². The van der Waals surface area contributed by atoms with Crippen molar-refractivity contribution in [1.82, 2.24) is 9.55 Å². The fraction of sp³-hybridized carbons (Fsp3) is 0.200. The number of Topliss-reactive ketones (excluding diaryl/α,β-unsaturated/α-hetero) is 1. The first kappa shape index (κ1) is 14.7. The van der Waals surface area contributed by atoms with Gasteiger partial charge in [0, 0.05) is 30.1 Å². The molecule has 24 heavy (non-hydrogen) atoms. The van der Waals surface area contributed by atoms with Gasteiger partial charge in [0.15, 0.2) is 11.6 Å². The number of rotatable bonds is 4. The summed E-state index contributed by atoms with van der Waals surface area (Å²) < 4.78 is 7.94. The molecule has 0 atom stereocenters. The third-order valence-electron chi connectivity index (χ3n) is 4.35. The van der Waals surface area contributed by atoms with Crippen LogP contribution in [0.4, 0.5) is 0 Å². The van der Waals surface area contributed by atoms with Gasteiger partial charge in [0.2, 0.25) is 0 Å². The van der Waals surface area contributed by atoms with Crippen molar-refractivity contribution < 1.29 is 9.53 Å². The van der Waals surface area contributed by atoms with E-state index in [9.17, 15) is 4.79 Å². The molecule has 0 aliphatic heterocycles. The van der Waals surface area contributed by atoms with Crippen LogP contribution in [0.3, 0.4) is 0 Å². The molecule has 0 radical (unpaired) electrons. The molecule has 1 aliphatic carbocycles. The van der Waals surface area contributed by atoms with E-state index in [0.29, 0.717) is 13.0 Å². The number of fused-ring (bicyclic) bond motifs is 1. The maximum atomic E-state index is 11.9. The van der Waals surface area contributed by atoms with Crippen LogP contribution in [0.2, 0.25) is 0 Å². The quantitative estimate of drug-likeness (QED) is 0.731. The average molecular weight is 318 g/mol. The van der Waals surface area contributed by atoms with Gasteiger partial charge in [-0.15, -0.1) is 0 Å².